The van der Waals surface area contributed by atoms with Gasteiger partial charge in [-0.3, -0.25) is 0 Å². The minimum absolute atomic E-state index is 1.24. The Kier molecular flexibility index (Phi) is 0.395. The third-order valence-corrected chi connectivity index (χ3v) is 4.83. The van der Waals surface area contributed by atoms with Gasteiger partial charge in [-0.1, -0.05) is 0 Å². The summed E-state index contributed by atoms with van der Waals surface area (Å²) in [7, 11) is 0. The van der Waals surface area contributed by atoms with E-state index in [1.807, 2.05) is 0 Å². The summed E-state index contributed by atoms with van der Waals surface area (Å²) in [5, 5.41) is 0. The SMILES string of the molecule is C1C2CC3C4CC1C4C23. The molecule has 0 heterocycles. The number of hydrogen-bond donors (Lipinski definition) is 0. The molecule has 0 heteroatoms. The molecule has 0 aromatic heterocycles. The van der Waals surface area contributed by atoms with Crippen molar-refractivity contribution in [3.63, 3.8) is 0 Å². The smallest absolute Gasteiger partial charge is 0.0321 e. The fraction of sp³-hybridized carbons (Fsp3) is 1.00. The Morgan fingerprint density at radius 2 is 1.22 bits per heavy atom. The summed E-state index contributed by atoms with van der Waals surface area (Å²) < 4.78 is 0. The average Bonchev–Trinajstić information content (AvgIpc) is 2.21. The summed E-state index contributed by atoms with van der Waals surface area (Å²) in [6, 6.07) is 0. The maximum atomic E-state index is 1.64. The van der Waals surface area contributed by atoms with Gasteiger partial charge in [-0.05, 0) is 54.8 Å². The molecule has 0 bridgehead atoms. The number of hydrogen-bond acceptors (Lipinski definition) is 0. The third kappa shape index (κ3) is 0.222. The zero-order valence-electron chi connectivity index (χ0n) is 5.59. The Labute approximate surface area is 55.6 Å². The second kappa shape index (κ2) is 0.889. The van der Waals surface area contributed by atoms with Crippen LogP contribution < -0.4 is 0 Å². The van der Waals surface area contributed by atoms with Crippen molar-refractivity contribution in [3.8, 4) is 0 Å². The topological polar surface area (TPSA) is 0 Å². The molecule has 4 saturated carbocycles. The van der Waals surface area contributed by atoms with Gasteiger partial charge >= 0.3 is 0 Å². The van der Waals surface area contributed by atoms with Gasteiger partial charge in [-0.25, -0.2) is 0 Å². The highest BCUT2D eigenvalue weighted by molar-refractivity contribution is 5.20. The van der Waals surface area contributed by atoms with Crippen molar-refractivity contribution in [2.75, 3.05) is 0 Å². The van der Waals surface area contributed by atoms with Gasteiger partial charge in [0.25, 0.3) is 0 Å². The lowest BCUT2D eigenvalue weighted by Crippen LogP contribution is -2.60. The fourth-order valence-electron chi connectivity index (χ4n) is 4.51. The molecule has 6 unspecified atom stereocenters. The fourth-order valence-corrected chi connectivity index (χ4v) is 4.51. The summed E-state index contributed by atoms with van der Waals surface area (Å²) in [5.41, 5.74) is 0. The molecule has 0 radical (unpaired) electrons. The first-order valence-electron chi connectivity index (χ1n) is 4.45. The lowest BCUT2D eigenvalue weighted by molar-refractivity contribution is -0.174. The molecule has 0 N–H and O–H groups in total. The van der Waals surface area contributed by atoms with Crippen LogP contribution >= 0.6 is 0 Å². The summed E-state index contributed by atoms with van der Waals surface area (Å²) in [6.07, 6.45) is 4.92. The molecule has 48 valence electrons. The van der Waals surface area contributed by atoms with Crippen molar-refractivity contribution in [2.24, 2.45) is 35.5 Å². The molecular formula is C9H12. The minimum atomic E-state index is 1.24. The Hall–Kier alpha value is 0. The van der Waals surface area contributed by atoms with Crippen LogP contribution in [0, 0.1) is 35.5 Å². The monoisotopic (exact) mass is 120 g/mol. The summed E-state index contributed by atoms with van der Waals surface area (Å²) in [6.45, 7) is 0. The predicted molar refractivity (Wildman–Crippen MR) is 34.8 cm³/mol. The van der Waals surface area contributed by atoms with E-state index in [0.29, 0.717) is 0 Å². The van der Waals surface area contributed by atoms with Crippen molar-refractivity contribution >= 4 is 0 Å². The Balaban J connectivity index is 1.90. The molecule has 0 aliphatic heterocycles. The van der Waals surface area contributed by atoms with Crippen molar-refractivity contribution in [3.05, 3.63) is 0 Å². The first kappa shape index (κ1) is 4.00. The molecule has 4 fully saturated rings. The van der Waals surface area contributed by atoms with Gasteiger partial charge in [0.1, 0.15) is 0 Å². The molecule has 0 amide bonds. The van der Waals surface area contributed by atoms with E-state index in [1.165, 1.54) is 35.5 Å². The van der Waals surface area contributed by atoms with Gasteiger partial charge in [-0.15, -0.1) is 0 Å². The van der Waals surface area contributed by atoms with Crippen LogP contribution in [0.1, 0.15) is 19.3 Å². The second-order valence-corrected chi connectivity index (χ2v) is 4.71. The van der Waals surface area contributed by atoms with E-state index in [0.717, 1.165) is 0 Å². The van der Waals surface area contributed by atoms with Crippen LogP contribution in [0.2, 0.25) is 0 Å². The lowest BCUT2D eigenvalue weighted by Gasteiger charge is -2.65. The molecule has 0 spiro atoms. The van der Waals surface area contributed by atoms with Gasteiger partial charge in [0, 0.05) is 0 Å². The molecule has 6 atom stereocenters. The van der Waals surface area contributed by atoms with Gasteiger partial charge in [0.05, 0.1) is 0 Å². The summed E-state index contributed by atoms with van der Waals surface area (Å²) >= 11 is 0. The first-order valence-corrected chi connectivity index (χ1v) is 4.45. The normalized spacial score (nSPS) is 80.0. The van der Waals surface area contributed by atoms with Crippen LogP contribution in [-0.4, -0.2) is 0 Å². The molecule has 0 saturated heterocycles. The highest BCUT2D eigenvalue weighted by Gasteiger charge is 2.72. The molecule has 4 aliphatic rings. The summed E-state index contributed by atoms with van der Waals surface area (Å²) in [5.74, 6) is 7.58. The quantitative estimate of drug-likeness (QED) is 0.458. The Bertz CT molecular complexity index is 156. The third-order valence-electron chi connectivity index (χ3n) is 4.83. The van der Waals surface area contributed by atoms with E-state index in [2.05, 4.69) is 0 Å². The zero-order chi connectivity index (χ0) is 5.59. The Morgan fingerprint density at radius 1 is 0.667 bits per heavy atom. The van der Waals surface area contributed by atoms with Crippen molar-refractivity contribution in [1.82, 2.24) is 0 Å². The molecule has 9 heavy (non-hydrogen) atoms. The summed E-state index contributed by atoms with van der Waals surface area (Å²) in [4.78, 5) is 0. The molecule has 4 rings (SSSR count). The van der Waals surface area contributed by atoms with Crippen LogP contribution in [0.5, 0.6) is 0 Å². The Morgan fingerprint density at radius 3 is 1.78 bits per heavy atom. The van der Waals surface area contributed by atoms with Crippen molar-refractivity contribution in [2.45, 2.75) is 19.3 Å². The van der Waals surface area contributed by atoms with E-state index >= 15 is 0 Å². The van der Waals surface area contributed by atoms with Crippen LogP contribution in [0.25, 0.3) is 0 Å². The van der Waals surface area contributed by atoms with Gasteiger partial charge in [0.15, 0.2) is 0 Å². The van der Waals surface area contributed by atoms with Crippen molar-refractivity contribution in [1.29, 1.82) is 0 Å². The zero-order valence-corrected chi connectivity index (χ0v) is 5.59. The van der Waals surface area contributed by atoms with E-state index in [9.17, 15) is 0 Å². The van der Waals surface area contributed by atoms with E-state index in [4.69, 9.17) is 0 Å². The maximum Gasteiger partial charge on any atom is -0.0321 e. The number of rotatable bonds is 0. The van der Waals surface area contributed by atoms with Crippen LogP contribution in [0.15, 0.2) is 0 Å². The van der Waals surface area contributed by atoms with Crippen LogP contribution in [-0.2, 0) is 0 Å². The molecule has 4 aliphatic carbocycles. The van der Waals surface area contributed by atoms with E-state index in [-0.39, 0.29) is 0 Å². The van der Waals surface area contributed by atoms with E-state index in [1.54, 1.807) is 19.3 Å². The molecule has 0 aromatic carbocycles. The predicted octanol–water partition coefficient (Wildman–Crippen LogP) is 1.91. The van der Waals surface area contributed by atoms with Crippen LogP contribution in [0.3, 0.4) is 0 Å². The highest BCUT2D eigenvalue weighted by Crippen LogP contribution is 2.78. The molecular weight excluding hydrogens is 108 g/mol. The van der Waals surface area contributed by atoms with Crippen LogP contribution in [0.4, 0.5) is 0 Å². The van der Waals surface area contributed by atoms with Gasteiger partial charge in [-0.2, -0.15) is 0 Å². The minimum Gasteiger partial charge on any atom is -0.0470 e. The molecule has 0 nitrogen and oxygen atoms in total. The van der Waals surface area contributed by atoms with E-state index < -0.39 is 0 Å². The lowest BCUT2D eigenvalue weighted by atomic mass is 9.39. The number of fused-ring (bicyclic) bond motifs is 1. The largest absolute Gasteiger partial charge is 0.0470 e. The van der Waals surface area contributed by atoms with Gasteiger partial charge < -0.3 is 0 Å². The maximum absolute atomic E-state index is 1.64. The average molecular weight is 120 g/mol. The highest BCUT2D eigenvalue weighted by atomic mass is 14.8. The first-order chi connectivity index (χ1) is 4.45. The second-order valence-electron chi connectivity index (χ2n) is 4.71. The van der Waals surface area contributed by atoms with Gasteiger partial charge in [0.2, 0.25) is 0 Å². The standard InChI is InChI=1S/C9H12/c1-4-2-6-7-3-5(1)9(7)8(4)6/h4-9H,1-3H2. The van der Waals surface area contributed by atoms with Crippen molar-refractivity contribution < 1.29 is 0 Å². The molecule has 0 aromatic rings.